The summed E-state index contributed by atoms with van der Waals surface area (Å²) in [6.45, 7) is 5.39. The van der Waals surface area contributed by atoms with Crippen LogP contribution >= 0.6 is 24.0 Å². The summed E-state index contributed by atoms with van der Waals surface area (Å²) in [6.07, 6.45) is 1.17. The van der Waals surface area contributed by atoms with Crippen molar-refractivity contribution in [3.8, 4) is 5.75 Å². The Balaban J connectivity index is 0.00000341. The molecule has 2 aromatic carbocycles. The number of halogens is 1. The molecule has 1 fully saturated rings. The molecule has 2 unspecified atom stereocenters. The number of rotatable bonds is 9. The summed E-state index contributed by atoms with van der Waals surface area (Å²) in [5, 5.41) is 6.86. The molecule has 0 aliphatic carbocycles. The fourth-order valence-corrected chi connectivity index (χ4v) is 3.66. The molecule has 6 nitrogen and oxygen atoms in total. The van der Waals surface area contributed by atoms with Crippen LogP contribution in [0.1, 0.15) is 29.2 Å². The number of nitrogens with one attached hydrogen (secondary N) is 2. The number of ether oxygens (including phenoxy) is 3. The molecule has 1 aliphatic rings. The first-order valence-corrected chi connectivity index (χ1v) is 10.5. The number of aryl methyl sites for hydroxylation is 1. The van der Waals surface area contributed by atoms with Crippen LogP contribution in [0.15, 0.2) is 53.5 Å². The van der Waals surface area contributed by atoms with Crippen LogP contribution < -0.4 is 15.4 Å². The van der Waals surface area contributed by atoms with E-state index in [0.29, 0.717) is 25.7 Å². The maximum atomic E-state index is 5.99. The molecule has 0 spiro atoms. The van der Waals surface area contributed by atoms with E-state index in [-0.39, 0.29) is 30.1 Å². The summed E-state index contributed by atoms with van der Waals surface area (Å²) in [5.41, 5.74) is 3.50. The zero-order chi connectivity index (χ0) is 21.2. The van der Waals surface area contributed by atoms with Crippen molar-refractivity contribution in [3.05, 3.63) is 65.2 Å². The Morgan fingerprint density at radius 2 is 1.94 bits per heavy atom. The smallest absolute Gasteiger partial charge is 0.191 e. The Morgan fingerprint density at radius 1 is 1.13 bits per heavy atom. The second-order valence-corrected chi connectivity index (χ2v) is 7.51. The number of hydrogen-bond donors (Lipinski definition) is 2. The van der Waals surface area contributed by atoms with Gasteiger partial charge in [0.25, 0.3) is 0 Å². The summed E-state index contributed by atoms with van der Waals surface area (Å²) < 4.78 is 17.0. The third-order valence-electron chi connectivity index (χ3n) is 5.31. The Bertz CT molecular complexity index is 817. The maximum absolute atomic E-state index is 5.99. The average Bonchev–Trinajstić information content (AvgIpc) is 3.24. The molecule has 1 heterocycles. The minimum absolute atomic E-state index is 0. The topological polar surface area (TPSA) is 64.1 Å². The van der Waals surface area contributed by atoms with Crippen molar-refractivity contribution >= 4 is 29.9 Å². The number of aliphatic imine (C=N–C) groups is 1. The van der Waals surface area contributed by atoms with Crippen LogP contribution in [-0.2, 0) is 16.0 Å². The fourth-order valence-electron chi connectivity index (χ4n) is 3.66. The molecule has 1 saturated heterocycles. The molecule has 2 aromatic rings. The molecule has 0 saturated carbocycles. The maximum Gasteiger partial charge on any atom is 0.191 e. The predicted molar refractivity (Wildman–Crippen MR) is 135 cm³/mol. The highest BCUT2D eigenvalue weighted by atomic mass is 127. The number of benzene rings is 2. The van der Waals surface area contributed by atoms with Crippen LogP contribution in [-0.4, -0.2) is 46.5 Å². The molecule has 0 radical (unpaired) electrons. The third-order valence-corrected chi connectivity index (χ3v) is 5.31. The lowest BCUT2D eigenvalue weighted by Gasteiger charge is -2.21. The van der Waals surface area contributed by atoms with Gasteiger partial charge in [-0.15, -0.1) is 24.0 Å². The van der Waals surface area contributed by atoms with Gasteiger partial charge in [-0.25, -0.2) is 0 Å². The standard InChI is InChI=1S/C24H33N3O3.HI/c1-18-9-10-20(22(15-18)29-14-13-28-3)16-26-24(25-2)27-17-21-11-12-30-23(21)19-7-5-4-6-8-19;/h4-10,15,21,23H,11-14,16-17H2,1-3H3,(H2,25,26,27);1H. The monoisotopic (exact) mass is 539 g/mol. The zero-order valence-electron chi connectivity index (χ0n) is 18.6. The molecule has 31 heavy (non-hydrogen) atoms. The molecular weight excluding hydrogens is 505 g/mol. The molecule has 7 heteroatoms. The van der Waals surface area contributed by atoms with Gasteiger partial charge in [0.1, 0.15) is 12.4 Å². The van der Waals surface area contributed by atoms with Gasteiger partial charge < -0.3 is 24.8 Å². The van der Waals surface area contributed by atoms with Gasteiger partial charge in [0, 0.05) is 45.3 Å². The van der Waals surface area contributed by atoms with E-state index >= 15 is 0 Å². The first kappa shape index (κ1) is 25.4. The summed E-state index contributed by atoms with van der Waals surface area (Å²) in [7, 11) is 3.47. The van der Waals surface area contributed by atoms with E-state index in [1.54, 1.807) is 14.2 Å². The Morgan fingerprint density at radius 3 is 2.68 bits per heavy atom. The Hall–Kier alpha value is -1.84. The normalized spacial score (nSPS) is 18.4. The summed E-state index contributed by atoms with van der Waals surface area (Å²) in [4.78, 5) is 4.38. The molecule has 2 atom stereocenters. The SMILES string of the molecule is CN=C(NCc1ccc(C)cc1OCCOC)NCC1CCOC1c1ccccc1.I. The van der Waals surface area contributed by atoms with Crippen molar-refractivity contribution in [3.63, 3.8) is 0 Å². The van der Waals surface area contributed by atoms with E-state index in [2.05, 4.69) is 65.0 Å². The van der Waals surface area contributed by atoms with Crippen molar-refractivity contribution in [2.24, 2.45) is 10.9 Å². The van der Waals surface area contributed by atoms with E-state index in [0.717, 1.165) is 36.8 Å². The van der Waals surface area contributed by atoms with E-state index < -0.39 is 0 Å². The van der Waals surface area contributed by atoms with Gasteiger partial charge in [-0.1, -0.05) is 42.5 Å². The van der Waals surface area contributed by atoms with Gasteiger partial charge in [0.2, 0.25) is 0 Å². The molecule has 2 N–H and O–H groups in total. The third kappa shape index (κ3) is 7.66. The van der Waals surface area contributed by atoms with Crippen molar-refractivity contribution < 1.29 is 14.2 Å². The van der Waals surface area contributed by atoms with Gasteiger partial charge in [-0.3, -0.25) is 4.99 Å². The van der Waals surface area contributed by atoms with Crippen LogP contribution in [0.25, 0.3) is 0 Å². The van der Waals surface area contributed by atoms with E-state index in [1.807, 2.05) is 6.07 Å². The van der Waals surface area contributed by atoms with Gasteiger partial charge in [0.15, 0.2) is 5.96 Å². The van der Waals surface area contributed by atoms with Crippen LogP contribution in [0.3, 0.4) is 0 Å². The van der Waals surface area contributed by atoms with Crippen LogP contribution in [0.5, 0.6) is 5.75 Å². The van der Waals surface area contributed by atoms with Gasteiger partial charge in [-0.2, -0.15) is 0 Å². The minimum atomic E-state index is 0. The lowest BCUT2D eigenvalue weighted by molar-refractivity contribution is 0.0915. The van der Waals surface area contributed by atoms with E-state index in [4.69, 9.17) is 14.2 Å². The Kier molecular flexibility index (Phi) is 11.1. The second-order valence-electron chi connectivity index (χ2n) is 7.51. The lowest BCUT2D eigenvalue weighted by Crippen LogP contribution is -2.40. The highest BCUT2D eigenvalue weighted by Crippen LogP contribution is 2.33. The van der Waals surface area contributed by atoms with Crippen LogP contribution in [0.4, 0.5) is 0 Å². The highest BCUT2D eigenvalue weighted by Gasteiger charge is 2.29. The number of hydrogen-bond acceptors (Lipinski definition) is 4. The van der Waals surface area contributed by atoms with Crippen LogP contribution in [0.2, 0.25) is 0 Å². The Labute approximate surface area is 202 Å². The second kappa shape index (κ2) is 13.5. The fraction of sp³-hybridized carbons (Fsp3) is 0.458. The summed E-state index contributed by atoms with van der Waals surface area (Å²) in [6, 6.07) is 16.7. The minimum Gasteiger partial charge on any atom is -0.491 e. The first-order chi connectivity index (χ1) is 14.7. The van der Waals surface area contributed by atoms with Gasteiger partial charge in [-0.05, 0) is 30.5 Å². The molecule has 0 amide bonds. The van der Waals surface area contributed by atoms with Gasteiger partial charge >= 0.3 is 0 Å². The molecular formula is C24H34IN3O3. The molecule has 3 rings (SSSR count). The summed E-state index contributed by atoms with van der Waals surface area (Å²) in [5.74, 6) is 2.07. The average molecular weight is 539 g/mol. The first-order valence-electron chi connectivity index (χ1n) is 10.5. The summed E-state index contributed by atoms with van der Waals surface area (Å²) >= 11 is 0. The molecule has 0 aromatic heterocycles. The van der Waals surface area contributed by atoms with Crippen molar-refractivity contribution in [2.45, 2.75) is 26.0 Å². The van der Waals surface area contributed by atoms with Crippen molar-refractivity contribution in [2.75, 3.05) is 40.5 Å². The number of nitrogens with zero attached hydrogens (tertiary/aromatic N) is 1. The van der Waals surface area contributed by atoms with Crippen LogP contribution in [0, 0.1) is 12.8 Å². The van der Waals surface area contributed by atoms with Crippen molar-refractivity contribution in [1.29, 1.82) is 0 Å². The number of guanidine groups is 1. The number of methoxy groups -OCH3 is 1. The van der Waals surface area contributed by atoms with Crippen molar-refractivity contribution in [1.82, 2.24) is 10.6 Å². The van der Waals surface area contributed by atoms with Gasteiger partial charge in [0.05, 0.1) is 12.7 Å². The highest BCUT2D eigenvalue weighted by molar-refractivity contribution is 14.0. The quantitative estimate of drug-likeness (QED) is 0.218. The molecule has 0 bridgehead atoms. The zero-order valence-corrected chi connectivity index (χ0v) is 20.9. The predicted octanol–water partition coefficient (Wildman–Crippen LogP) is 4.08. The molecule has 170 valence electrons. The van der Waals surface area contributed by atoms with E-state index in [1.165, 1.54) is 11.1 Å². The van der Waals surface area contributed by atoms with E-state index in [9.17, 15) is 0 Å². The molecule has 1 aliphatic heterocycles. The largest absolute Gasteiger partial charge is 0.491 e. The lowest BCUT2D eigenvalue weighted by atomic mass is 9.95.